The number of hydrogen-bond acceptors (Lipinski definition) is 1. The van der Waals surface area contributed by atoms with Gasteiger partial charge in [0.15, 0.2) is 0 Å². The van der Waals surface area contributed by atoms with E-state index >= 15 is 0 Å². The van der Waals surface area contributed by atoms with E-state index in [-0.39, 0.29) is 11.9 Å². The Morgan fingerprint density at radius 3 is 2.35 bits per heavy atom. The zero-order valence-corrected chi connectivity index (χ0v) is 14.9. The van der Waals surface area contributed by atoms with Crippen LogP contribution in [0.25, 0.3) is 0 Å². The first-order valence-corrected chi connectivity index (χ1v) is 8.56. The number of nitrogens with one attached hydrogen (secondary N) is 1. The van der Waals surface area contributed by atoms with Gasteiger partial charge in [-0.15, -0.1) is 0 Å². The number of carbonyl (C=O) groups excluding carboxylic acids is 1. The molecule has 2 rings (SSSR count). The predicted octanol–water partition coefficient (Wildman–Crippen LogP) is 5.50. The van der Waals surface area contributed by atoms with Gasteiger partial charge in [0.25, 0.3) is 0 Å². The number of carbonyl (C=O) groups is 1. The molecule has 122 valence electrons. The smallest absolute Gasteiger partial charge is 0.220 e. The third kappa shape index (κ3) is 4.73. The normalized spacial score (nSPS) is 12.0. The molecule has 2 aromatic carbocycles. The highest BCUT2D eigenvalue weighted by Gasteiger charge is 2.15. The van der Waals surface area contributed by atoms with Crippen LogP contribution in [0.15, 0.2) is 42.5 Å². The third-order valence-electron chi connectivity index (χ3n) is 3.97. The van der Waals surface area contributed by atoms with Crippen LogP contribution in [0, 0.1) is 6.92 Å². The molecule has 0 saturated heterocycles. The molecule has 0 aliphatic rings. The third-order valence-corrected chi connectivity index (χ3v) is 4.68. The zero-order valence-electron chi connectivity index (χ0n) is 13.4. The van der Waals surface area contributed by atoms with Crippen LogP contribution in [-0.2, 0) is 11.2 Å². The molecule has 23 heavy (non-hydrogen) atoms. The van der Waals surface area contributed by atoms with Crippen molar-refractivity contribution in [1.82, 2.24) is 5.32 Å². The molecule has 0 spiro atoms. The minimum absolute atomic E-state index is 0.0103. The summed E-state index contributed by atoms with van der Waals surface area (Å²) >= 11 is 12.3. The minimum atomic E-state index is 0.0103. The van der Waals surface area contributed by atoms with E-state index in [9.17, 15) is 4.79 Å². The highest BCUT2D eigenvalue weighted by atomic mass is 35.5. The van der Waals surface area contributed by atoms with E-state index in [1.165, 1.54) is 11.1 Å². The van der Waals surface area contributed by atoms with Crippen LogP contribution in [0.1, 0.15) is 42.5 Å². The average Bonchev–Trinajstić information content (AvgIpc) is 2.53. The standard InChI is InChI=1S/C19H21Cl2NO/c1-3-18(14-8-5-4-7-13(14)2)22-19(23)12-11-15-16(20)9-6-10-17(15)21/h4-10,18H,3,11-12H2,1-2H3,(H,22,23). The monoisotopic (exact) mass is 349 g/mol. The lowest BCUT2D eigenvalue weighted by molar-refractivity contribution is -0.121. The maximum Gasteiger partial charge on any atom is 0.220 e. The quantitative estimate of drug-likeness (QED) is 0.732. The molecule has 2 aromatic rings. The lowest BCUT2D eigenvalue weighted by Crippen LogP contribution is -2.28. The maximum atomic E-state index is 12.3. The summed E-state index contributed by atoms with van der Waals surface area (Å²) in [6.45, 7) is 4.13. The van der Waals surface area contributed by atoms with Crippen LogP contribution in [0.2, 0.25) is 10.0 Å². The molecule has 0 aromatic heterocycles. The van der Waals surface area contributed by atoms with Crippen LogP contribution >= 0.6 is 23.2 Å². The molecule has 0 aliphatic heterocycles. The van der Waals surface area contributed by atoms with Gasteiger partial charge < -0.3 is 5.32 Å². The van der Waals surface area contributed by atoms with E-state index in [1.54, 1.807) is 18.2 Å². The molecule has 1 unspecified atom stereocenters. The van der Waals surface area contributed by atoms with Crippen LogP contribution in [0.4, 0.5) is 0 Å². The molecule has 1 amide bonds. The van der Waals surface area contributed by atoms with Crippen molar-refractivity contribution in [2.24, 2.45) is 0 Å². The lowest BCUT2D eigenvalue weighted by Gasteiger charge is -2.19. The molecule has 0 heterocycles. The summed E-state index contributed by atoms with van der Waals surface area (Å²) in [6, 6.07) is 13.6. The minimum Gasteiger partial charge on any atom is -0.349 e. The number of benzene rings is 2. The van der Waals surface area contributed by atoms with Crippen LogP contribution < -0.4 is 5.32 Å². The molecule has 0 saturated carbocycles. The van der Waals surface area contributed by atoms with E-state index in [2.05, 4.69) is 31.3 Å². The second-order valence-electron chi connectivity index (χ2n) is 5.59. The first-order valence-electron chi connectivity index (χ1n) is 7.80. The number of rotatable bonds is 6. The van der Waals surface area contributed by atoms with Gasteiger partial charge in [-0.3, -0.25) is 4.79 Å². The van der Waals surface area contributed by atoms with Crippen LogP contribution in [-0.4, -0.2) is 5.91 Å². The summed E-state index contributed by atoms with van der Waals surface area (Å²) in [5.41, 5.74) is 3.18. The van der Waals surface area contributed by atoms with Crippen LogP contribution in [0.3, 0.4) is 0 Å². The van der Waals surface area contributed by atoms with Crippen molar-refractivity contribution in [3.63, 3.8) is 0 Å². The molecular weight excluding hydrogens is 329 g/mol. The SMILES string of the molecule is CCC(NC(=O)CCc1c(Cl)cccc1Cl)c1ccccc1C. The Labute approximate surface area is 147 Å². The number of halogens is 2. The molecule has 0 bridgehead atoms. The Kier molecular flexibility index (Phi) is 6.49. The topological polar surface area (TPSA) is 29.1 Å². The van der Waals surface area contributed by atoms with Gasteiger partial charge in [0.2, 0.25) is 5.91 Å². The largest absolute Gasteiger partial charge is 0.349 e. The summed E-state index contributed by atoms with van der Waals surface area (Å²) < 4.78 is 0. The summed E-state index contributed by atoms with van der Waals surface area (Å²) in [4.78, 5) is 12.3. The Hall–Kier alpha value is -1.51. The number of aryl methyl sites for hydroxylation is 1. The second-order valence-corrected chi connectivity index (χ2v) is 6.40. The van der Waals surface area contributed by atoms with Gasteiger partial charge in [-0.25, -0.2) is 0 Å². The van der Waals surface area contributed by atoms with Gasteiger partial charge in [-0.2, -0.15) is 0 Å². The first kappa shape index (κ1) is 17.8. The van der Waals surface area contributed by atoms with Gasteiger partial charge in [-0.1, -0.05) is 60.5 Å². The van der Waals surface area contributed by atoms with Crippen LogP contribution in [0.5, 0.6) is 0 Å². The summed E-state index contributed by atoms with van der Waals surface area (Å²) in [5, 5.41) is 4.32. The molecule has 4 heteroatoms. The van der Waals surface area contributed by atoms with Gasteiger partial charge in [0.05, 0.1) is 6.04 Å². The number of amides is 1. The Morgan fingerprint density at radius 2 is 1.74 bits per heavy atom. The average molecular weight is 350 g/mol. The Morgan fingerprint density at radius 1 is 1.09 bits per heavy atom. The maximum absolute atomic E-state index is 12.3. The van der Waals surface area contributed by atoms with Crippen molar-refractivity contribution < 1.29 is 4.79 Å². The highest BCUT2D eigenvalue weighted by molar-refractivity contribution is 6.36. The molecule has 1 N–H and O–H groups in total. The zero-order chi connectivity index (χ0) is 16.8. The van der Waals surface area contributed by atoms with Crippen molar-refractivity contribution >= 4 is 29.1 Å². The second kappa shape index (κ2) is 8.37. The Bertz CT molecular complexity index is 665. The van der Waals surface area contributed by atoms with Crippen molar-refractivity contribution in [1.29, 1.82) is 0 Å². The van der Waals surface area contributed by atoms with Crippen molar-refractivity contribution in [3.05, 3.63) is 69.2 Å². The fraction of sp³-hybridized carbons (Fsp3) is 0.316. The van der Waals surface area contributed by atoms with E-state index in [4.69, 9.17) is 23.2 Å². The Balaban J connectivity index is 2.00. The molecular formula is C19H21Cl2NO. The van der Waals surface area contributed by atoms with Crippen molar-refractivity contribution in [2.45, 2.75) is 39.2 Å². The van der Waals surface area contributed by atoms with E-state index < -0.39 is 0 Å². The summed E-state index contributed by atoms with van der Waals surface area (Å²) in [7, 11) is 0. The molecule has 1 atom stereocenters. The fourth-order valence-corrected chi connectivity index (χ4v) is 3.24. The van der Waals surface area contributed by atoms with Crippen molar-refractivity contribution in [3.8, 4) is 0 Å². The fourth-order valence-electron chi connectivity index (χ4n) is 2.65. The van der Waals surface area contributed by atoms with Gasteiger partial charge in [0, 0.05) is 16.5 Å². The van der Waals surface area contributed by atoms with E-state index in [0.717, 1.165) is 12.0 Å². The number of hydrogen-bond donors (Lipinski definition) is 1. The summed E-state index contributed by atoms with van der Waals surface area (Å²) in [5.74, 6) is 0.0103. The predicted molar refractivity (Wildman–Crippen MR) is 97.1 cm³/mol. The molecule has 0 aliphatic carbocycles. The van der Waals surface area contributed by atoms with E-state index in [1.807, 2.05) is 12.1 Å². The summed E-state index contributed by atoms with van der Waals surface area (Å²) in [6.07, 6.45) is 1.75. The van der Waals surface area contributed by atoms with Gasteiger partial charge in [-0.05, 0) is 48.6 Å². The van der Waals surface area contributed by atoms with Gasteiger partial charge in [0.1, 0.15) is 0 Å². The van der Waals surface area contributed by atoms with Gasteiger partial charge >= 0.3 is 0 Å². The van der Waals surface area contributed by atoms with E-state index in [0.29, 0.717) is 22.9 Å². The molecule has 0 fully saturated rings. The molecule has 0 radical (unpaired) electrons. The lowest BCUT2D eigenvalue weighted by atomic mass is 9.99. The van der Waals surface area contributed by atoms with Crippen molar-refractivity contribution in [2.75, 3.05) is 0 Å². The first-order chi connectivity index (χ1) is 11.0. The molecule has 2 nitrogen and oxygen atoms in total. The highest BCUT2D eigenvalue weighted by Crippen LogP contribution is 2.26.